The highest BCUT2D eigenvalue weighted by molar-refractivity contribution is 4.46. The van der Waals surface area contributed by atoms with E-state index in [0.717, 1.165) is 0 Å². The molecule has 0 rings (SSSR count). The van der Waals surface area contributed by atoms with Gasteiger partial charge in [-0.25, -0.2) is 0 Å². The minimum Gasteiger partial charge on any atom is -0.394 e. The Morgan fingerprint density at radius 1 is 0.0917 bits per heavy atom. The number of hydrogen-bond donors (Lipinski definition) is 2. The molecule has 0 atom stereocenters. The molecule has 0 aromatic carbocycles. The summed E-state index contributed by atoms with van der Waals surface area (Å²) in [5.41, 5.74) is 5.35. The van der Waals surface area contributed by atoms with Gasteiger partial charge in [0.15, 0.2) is 0 Å². The molecule has 0 spiro atoms. The molecule has 0 aliphatic rings. The van der Waals surface area contributed by atoms with Gasteiger partial charge in [-0.2, -0.15) is 0 Å². The van der Waals surface area contributed by atoms with Gasteiger partial charge in [0.05, 0.1) is 469 Å². The summed E-state index contributed by atoms with van der Waals surface area (Å²) in [6, 6.07) is 0. The van der Waals surface area contributed by atoms with Crippen LogP contribution in [0.4, 0.5) is 0 Å². The van der Waals surface area contributed by atoms with E-state index < -0.39 is 0 Å². The first kappa shape index (κ1) is 108. The zero-order valence-corrected chi connectivity index (χ0v) is 66.2. The number of ether oxygens (including phenoxy) is 35. The van der Waals surface area contributed by atoms with Crippen LogP contribution in [0.25, 0.3) is 0 Å². The molecule has 0 aromatic heterocycles. The van der Waals surface area contributed by atoms with Gasteiger partial charge >= 0.3 is 0 Å². The highest BCUT2D eigenvalue weighted by Gasteiger charge is 2.04. The van der Waals surface area contributed by atoms with Crippen LogP contribution in [0.15, 0.2) is 0 Å². The molecule has 0 fully saturated rings. The molecule has 0 aliphatic heterocycles. The molecule has 0 saturated carbocycles. The summed E-state index contributed by atoms with van der Waals surface area (Å²) in [5, 5.41) is 8.62. The number of hydrogen-bond acceptors (Lipinski definition) is 37. The van der Waals surface area contributed by atoms with E-state index in [2.05, 4.69) is 0 Å². The molecule has 0 bridgehead atoms. The van der Waals surface area contributed by atoms with Gasteiger partial charge in [-0.1, -0.05) is 0 Å². The average molecular weight is 1600 g/mol. The summed E-state index contributed by atoms with van der Waals surface area (Å²) >= 11 is 0. The second kappa shape index (κ2) is 107. The van der Waals surface area contributed by atoms with E-state index >= 15 is 0 Å². The Balaban J connectivity index is 3.09. The Bertz CT molecular complexity index is 1420. The van der Waals surface area contributed by atoms with Gasteiger partial charge in [-0.05, 0) is 0 Å². The maximum absolute atomic E-state index is 8.62. The first-order valence-electron chi connectivity index (χ1n) is 38.9. The van der Waals surface area contributed by atoms with Crippen molar-refractivity contribution in [2.24, 2.45) is 5.73 Å². The van der Waals surface area contributed by atoms with Crippen molar-refractivity contribution >= 4 is 0 Å². The molecule has 0 heterocycles. The van der Waals surface area contributed by atoms with Crippen molar-refractivity contribution in [1.29, 1.82) is 0 Å². The minimum atomic E-state index is 0.0155. The van der Waals surface area contributed by atoms with Crippen LogP contribution in [0.3, 0.4) is 0 Å². The molecule has 0 radical (unpaired) electrons. The molecular weight excluding hydrogens is 1450 g/mol. The largest absolute Gasteiger partial charge is 0.394 e. The maximum Gasteiger partial charge on any atom is 0.0701 e. The Hall–Kier alpha value is -1.48. The van der Waals surface area contributed by atoms with E-state index in [1.807, 2.05) is 0 Å². The summed E-state index contributed by atoms with van der Waals surface area (Å²) in [6.07, 6.45) is 0. The standard InChI is InChI=1S/C72H147NO36/c73-1-3-75-5-7-77-9-11-79-13-15-81-17-19-83-21-23-85-25-27-87-29-31-89-33-35-91-37-39-93-41-43-95-45-47-97-49-51-99-53-55-101-57-59-103-61-63-105-65-67-107-69-71-109-72-70-108-68-66-106-64-62-104-60-58-102-56-54-100-52-50-98-48-46-96-44-42-94-40-38-92-36-34-90-32-30-88-28-26-86-24-22-84-20-18-82-16-14-80-12-10-78-8-6-76-4-2-74/h74H,1-73H2. The number of aliphatic hydroxyl groups is 1. The fourth-order valence-electron chi connectivity index (χ4n) is 7.73. The van der Waals surface area contributed by atoms with E-state index in [4.69, 9.17) is 177 Å². The van der Waals surface area contributed by atoms with Crippen LogP contribution in [0.2, 0.25) is 0 Å². The van der Waals surface area contributed by atoms with Crippen molar-refractivity contribution < 1.29 is 171 Å². The Morgan fingerprint density at radius 2 is 0.147 bits per heavy atom. The molecule has 0 amide bonds. The van der Waals surface area contributed by atoms with Gasteiger partial charge in [0.25, 0.3) is 0 Å². The van der Waals surface area contributed by atoms with E-state index in [9.17, 15) is 0 Å². The number of nitrogens with two attached hydrogens (primary N) is 1. The summed E-state index contributed by atoms with van der Waals surface area (Å²) < 4.78 is 192. The van der Waals surface area contributed by atoms with Crippen molar-refractivity contribution in [2.75, 3.05) is 476 Å². The number of aliphatic hydroxyl groups excluding tert-OH is 1. The van der Waals surface area contributed by atoms with Crippen LogP contribution in [-0.2, 0) is 166 Å². The third-order valence-corrected chi connectivity index (χ3v) is 13.1. The fraction of sp³-hybridized carbons (Fsp3) is 1.00. The van der Waals surface area contributed by atoms with Crippen LogP contribution < -0.4 is 5.73 Å². The molecule has 0 unspecified atom stereocenters. The lowest BCUT2D eigenvalue weighted by Crippen LogP contribution is -2.16. The normalized spacial score (nSPS) is 11.8. The first-order valence-corrected chi connectivity index (χ1v) is 38.9. The van der Waals surface area contributed by atoms with Gasteiger partial charge in [-0.3, -0.25) is 0 Å². The minimum absolute atomic E-state index is 0.0155. The SMILES string of the molecule is NCCOCCOCCOCCOCCOCCOCCOCCOCCOCCOCCOCCOCCOCCOCCOCCOCCOCCOCCOCCOCCOCCOCCOCCOCCOCCOCCOCCOCCOCCOCCOCCOCCOCCOCCOCCO. The van der Waals surface area contributed by atoms with E-state index in [1.54, 1.807) is 0 Å². The molecule has 3 N–H and O–H groups in total. The van der Waals surface area contributed by atoms with Crippen LogP contribution in [0.5, 0.6) is 0 Å². The second-order valence-electron chi connectivity index (χ2n) is 21.9. The second-order valence-corrected chi connectivity index (χ2v) is 21.9. The maximum atomic E-state index is 8.62. The first-order chi connectivity index (χ1) is 54.4. The molecule has 37 heteroatoms. The van der Waals surface area contributed by atoms with Crippen LogP contribution in [-0.4, -0.2) is 481 Å². The van der Waals surface area contributed by atoms with Crippen molar-refractivity contribution in [2.45, 2.75) is 0 Å². The quantitative estimate of drug-likeness (QED) is 0.0726. The Morgan fingerprint density at radius 3 is 0.202 bits per heavy atom. The molecular formula is C72H147NO36. The van der Waals surface area contributed by atoms with Crippen molar-refractivity contribution in [1.82, 2.24) is 0 Å². The third kappa shape index (κ3) is 107. The average Bonchev–Trinajstić information content (AvgIpc) is 3.88. The predicted molar refractivity (Wildman–Crippen MR) is 395 cm³/mol. The van der Waals surface area contributed by atoms with Crippen molar-refractivity contribution in [3.63, 3.8) is 0 Å². The Labute approximate surface area is 650 Å². The highest BCUT2D eigenvalue weighted by atomic mass is 16.6. The van der Waals surface area contributed by atoms with Crippen molar-refractivity contribution in [3.8, 4) is 0 Å². The van der Waals surface area contributed by atoms with Crippen molar-refractivity contribution in [3.05, 3.63) is 0 Å². The zero-order chi connectivity index (χ0) is 77.7. The summed E-state index contributed by atoms with van der Waals surface area (Å²) in [5.74, 6) is 0. The monoisotopic (exact) mass is 1600 g/mol. The van der Waals surface area contributed by atoms with Gasteiger partial charge in [0.2, 0.25) is 0 Å². The fourth-order valence-corrected chi connectivity index (χ4v) is 7.73. The molecule has 37 nitrogen and oxygen atoms in total. The van der Waals surface area contributed by atoms with Crippen LogP contribution in [0, 0.1) is 0 Å². The van der Waals surface area contributed by atoms with Gasteiger partial charge in [0.1, 0.15) is 0 Å². The smallest absolute Gasteiger partial charge is 0.0701 e. The van der Waals surface area contributed by atoms with Gasteiger partial charge in [0, 0.05) is 6.54 Å². The number of rotatable bonds is 106. The van der Waals surface area contributed by atoms with E-state index in [-0.39, 0.29) is 6.61 Å². The van der Waals surface area contributed by atoms with Crippen LogP contribution >= 0.6 is 0 Å². The van der Waals surface area contributed by atoms with Crippen LogP contribution in [0.1, 0.15) is 0 Å². The molecule has 656 valence electrons. The molecule has 109 heavy (non-hydrogen) atoms. The molecule has 0 aliphatic carbocycles. The third-order valence-electron chi connectivity index (χ3n) is 13.1. The lowest BCUT2D eigenvalue weighted by Gasteiger charge is -2.09. The highest BCUT2D eigenvalue weighted by Crippen LogP contribution is 1.94. The Kier molecular flexibility index (Phi) is 105. The van der Waals surface area contributed by atoms with Gasteiger partial charge < -0.3 is 177 Å². The lowest BCUT2D eigenvalue weighted by atomic mass is 10.6. The predicted octanol–water partition coefficient (Wildman–Crippen LogP) is -0.482. The lowest BCUT2D eigenvalue weighted by molar-refractivity contribution is -0.0327. The topological polar surface area (TPSA) is 369 Å². The summed E-state index contributed by atoms with van der Waals surface area (Å²) in [7, 11) is 0. The summed E-state index contributed by atoms with van der Waals surface area (Å²) in [6.45, 7) is 34.4. The summed E-state index contributed by atoms with van der Waals surface area (Å²) in [4.78, 5) is 0. The zero-order valence-electron chi connectivity index (χ0n) is 66.2. The molecule has 0 aromatic rings. The van der Waals surface area contributed by atoms with E-state index in [1.165, 1.54) is 0 Å². The van der Waals surface area contributed by atoms with E-state index in [0.29, 0.717) is 469 Å². The van der Waals surface area contributed by atoms with Gasteiger partial charge in [-0.15, -0.1) is 0 Å². The molecule has 0 saturated heterocycles.